The van der Waals surface area contributed by atoms with Crippen molar-refractivity contribution in [1.82, 2.24) is 20.0 Å². The first-order valence-corrected chi connectivity index (χ1v) is 8.54. The summed E-state index contributed by atoms with van der Waals surface area (Å²) in [5, 5.41) is 4.78. The Morgan fingerprint density at radius 1 is 1.37 bits per heavy atom. The van der Waals surface area contributed by atoms with E-state index in [1.165, 1.54) is 7.11 Å². The number of carbonyl (C=O) groups is 2. The highest BCUT2D eigenvalue weighted by molar-refractivity contribution is 5.98. The van der Waals surface area contributed by atoms with Gasteiger partial charge in [-0.25, -0.2) is 0 Å². The minimum atomic E-state index is -0.589. The SMILES string of the molecule is COCc1noc([C@@H]2CN(C(=O)c3cc4ccccc4[nH]3)C[C@H]2C(N)=O)n1. The zero-order chi connectivity index (χ0) is 19.0. The van der Waals surface area contributed by atoms with E-state index in [0.717, 1.165) is 10.9 Å². The predicted octanol–water partition coefficient (Wildman–Crippen LogP) is 1.04. The van der Waals surface area contributed by atoms with E-state index in [0.29, 0.717) is 11.5 Å². The van der Waals surface area contributed by atoms with Gasteiger partial charge in [-0.2, -0.15) is 4.98 Å². The average molecular weight is 369 g/mol. The van der Waals surface area contributed by atoms with Gasteiger partial charge < -0.3 is 24.9 Å². The van der Waals surface area contributed by atoms with Crippen molar-refractivity contribution in [3.63, 3.8) is 0 Å². The Morgan fingerprint density at radius 3 is 2.93 bits per heavy atom. The molecule has 1 fully saturated rings. The number of aromatic amines is 1. The quantitative estimate of drug-likeness (QED) is 0.692. The Labute approximate surface area is 154 Å². The standard InChI is InChI=1S/C18H19N5O4/c1-26-9-15-21-17(27-22-15)12-8-23(7-11(12)16(19)24)18(25)14-6-10-4-2-3-5-13(10)20-14/h2-6,11-12,20H,7-9H2,1H3,(H2,19,24)/t11-,12-/m1/s1. The van der Waals surface area contributed by atoms with Gasteiger partial charge in [-0.05, 0) is 12.1 Å². The Balaban J connectivity index is 1.58. The number of primary amides is 1. The summed E-state index contributed by atoms with van der Waals surface area (Å²) < 4.78 is 10.2. The molecule has 1 aromatic carbocycles. The number of nitrogens with zero attached hydrogens (tertiary/aromatic N) is 3. The fourth-order valence-electron chi connectivity index (χ4n) is 3.47. The second-order valence-electron chi connectivity index (χ2n) is 6.58. The monoisotopic (exact) mass is 369 g/mol. The lowest BCUT2D eigenvalue weighted by molar-refractivity contribution is -0.121. The molecule has 1 saturated heterocycles. The number of nitrogens with two attached hydrogens (primary N) is 1. The third-order valence-corrected chi connectivity index (χ3v) is 4.81. The van der Waals surface area contributed by atoms with E-state index >= 15 is 0 Å². The number of hydrogen-bond donors (Lipinski definition) is 2. The average Bonchev–Trinajstić information content (AvgIpc) is 3.38. The van der Waals surface area contributed by atoms with E-state index in [1.807, 2.05) is 24.3 Å². The molecule has 0 aliphatic carbocycles. The molecule has 2 amide bonds. The molecule has 0 spiro atoms. The summed E-state index contributed by atoms with van der Waals surface area (Å²) >= 11 is 0. The topological polar surface area (TPSA) is 127 Å². The van der Waals surface area contributed by atoms with Crippen LogP contribution in [-0.4, -0.2) is 52.0 Å². The van der Waals surface area contributed by atoms with Gasteiger partial charge in [-0.3, -0.25) is 9.59 Å². The van der Waals surface area contributed by atoms with E-state index in [4.69, 9.17) is 15.0 Å². The number of likely N-dealkylation sites (tertiary alicyclic amines) is 1. The Kier molecular flexibility index (Phi) is 4.36. The molecular weight excluding hydrogens is 350 g/mol. The number of aromatic nitrogens is 3. The largest absolute Gasteiger partial charge is 0.377 e. The minimum absolute atomic E-state index is 0.198. The van der Waals surface area contributed by atoms with Crippen LogP contribution in [0.25, 0.3) is 10.9 Å². The van der Waals surface area contributed by atoms with Crippen LogP contribution in [0.2, 0.25) is 0 Å². The van der Waals surface area contributed by atoms with Crippen LogP contribution in [0.3, 0.4) is 0 Å². The van der Waals surface area contributed by atoms with Crippen LogP contribution >= 0.6 is 0 Å². The summed E-state index contributed by atoms with van der Waals surface area (Å²) in [5.41, 5.74) is 6.90. The number of ether oxygens (including phenoxy) is 1. The van der Waals surface area contributed by atoms with E-state index in [-0.39, 0.29) is 31.5 Å². The molecule has 4 rings (SSSR count). The second kappa shape index (κ2) is 6.84. The molecule has 3 N–H and O–H groups in total. The maximum absolute atomic E-state index is 12.9. The van der Waals surface area contributed by atoms with Crippen molar-refractivity contribution in [3.05, 3.63) is 47.7 Å². The highest BCUT2D eigenvalue weighted by Crippen LogP contribution is 2.32. The van der Waals surface area contributed by atoms with Crippen molar-refractivity contribution < 1.29 is 18.8 Å². The number of para-hydroxylation sites is 1. The summed E-state index contributed by atoms with van der Waals surface area (Å²) in [6, 6.07) is 9.44. The molecule has 3 heterocycles. The number of rotatable bonds is 5. The summed E-state index contributed by atoms with van der Waals surface area (Å²) in [6.07, 6.45) is 0. The van der Waals surface area contributed by atoms with Gasteiger partial charge in [0.2, 0.25) is 11.8 Å². The van der Waals surface area contributed by atoms with Gasteiger partial charge in [-0.15, -0.1) is 0 Å². The maximum atomic E-state index is 12.9. The molecule has 2 aromatic heterocycles. The van der Waals surface area contributed by atoms with Crippen molar-refractivity contribution >= 4 is 22.7 Å². The molecule has 2 atom stereocenters. The van der Waals surface area contributed by atoms with Crippen LogP contribution in [0.5, 0.6) is 0 Å². The molecule has 0 radical (unpaired) electrons. The lowest BCUT2D eigenvalue weighted by Gasteiger charge is -2.14. The molecule has 27 heavy (non-hydrogen) atoms. The van der Waals surface area contributed by atoms with Crippen LogP contribution in [0.1, 0.15) is 28.1 Å². The molecule has 0 unspecified atom stereocenters. The minimum Gasteiger partial charge on any atom is -0.377 e. The lowest BCUT2D eigenvalue weighted by Crippen LogP contribution is -2.32. The van der Waals surface area contributed by atoms with E-state index < -0.39 is 17.7 Å². The smallest absolute Gasteiger partial charge is 0.270 e. The number of methoxy groups -OCH3 is 1. The van der Waals surface area contributed by atoms with Crippen molar-refractivity contribution in [3.8, 4) is 0 Å². The number of carbonyl (C=O) groups excluding carboxylic acids is 2. The van der Waals surface area contributed by atoms with Crippen LogP contribution in [-0.2, 0) is 16.1 Å². The van der Waals surface area contributed by atoms with Crippen LogP contribution in [0.4, 0.5) is 0 Å². The van der Waals surface area contributed by atoms with E-state index in [2.05, 4.69) is 15.1 Å². The maximum Gasteiger partial charge on any atom is 0.270 e. The van der Waals surface area contributed by atoms with Crippen LogP contribution < -0.4 is 5.73 Å². The highest BCUT2D eigenvalue weighted by atomic mass is 16.5. The fraction of sp³-hybridized carbons (Fsp3) is 0.333. The molecule has 1 aliphatic heterocycles. The number of hydrogen-bond acceptors (Lipinski definition) is 6. The van der Waals surface area contributed by atoms with Crippen molar-refractivity contribution in [2.24, 2.45) is 11.7 Å². The van der Waals surface area contributed by atoms with Crippen molar-refractivity contribution in [1.29, 1.82) is 0 Å². The van der Waals surface area contributed by atoms with Gasteiger partial charge in [0.05, 0.1) is 11.8 Å². The van der Waals surface area contributed by atoms with Gasteiger partial charge in [0.15, 0.2) is 5.82 Å². The van der Waals surface area contributed by atoms with Gasteiger partial charge in [0, 0.05) is 31.1 Å². The number of benzene rings is 1. The molecule has 3 aromatic rings. The fourth-order valence-corrected chi connectivity index (χ4v) is 3.47. The molecule has 1 aliphatic rings. The lowest BCUT2D eigenvalue weighted by atomic mass is 9.95. The molecule has 9 heteroatoms. The molecule has 0 bridgehead atoms. The number of nitrogens with one attached hydrogen (secondary N) is 1. The van der Waals surface area contributed by atoms with E-state index in [9.17, 15) is 9.59 Å². The zero-order valence-electron chi connectivity index (χ0n) is 14.7. The van der Waals surface area contributed by atoms with Crippen molar-refractivity contribution in [2.45, 2.75) is 12.5 Å². The molecular formula is C18H19N5O4. The molecule has 0 saturated carbocycles. The first kappa shape index (κ1) is 17.2. The van der Waals surface area contributed by atoms with Gasteiger partial charge in [0.1, 0.15) is 12.3 Å². The summed E-state index contributed by atoms with van der Waals surface area (Å²) in [4.78, 5) is 33.8. The zero-order valence-corrected chi connectivity index (χ0v) is 14.7. The third-order valence-electron chi connectivity index (χ3n) is 4.81. The Bertz CT molecular complexity index is 961. The number of amides is 2. The number of H-pyrrole nitrogens is 1. The van der Waals surface area contributed by atoms with Crippen molar-refractivity contribution in [2.75, 3.05) is 20.2 Å². The summed E-state index contributed by atoms with van der Waals surface area (Å²) in [6.45, 7) is 0.682. The van der Waals surface area contributed by atoms with Gasteiger partial charge in [-0.1, -0.05) is 23.4 Å². The summed E-state index contributed by atoms with van der Waals surface area (Å²) in [7, 11) is 1.53. The Hall–Kier alpha value is -3.20. The number of fused-ring (bicyclic) bond motifs is 1. The first-order valence-electron chi connectivity index (χ1n) is 8.54. The Morgan fingerprint density at radius 2 is 2.19 bits per heavy atom. The molecule has 140 valence electrons. The summed E-state index contributed by atoms with van der Waals surface area (Å²) in [5.74, 6) is -1.05. The predicted molar refractivity (Wildman–Crippen MR) is 94.6 cm³/mol. The van der Waals surface area contributed by atoms with Crippen LogP contribution in [0, 0.1) is 5.92 Å². The van der Waals surface area contributed by atoms with Gasteiger partial charge >= 0.3 is 0 Å². The highest BCUT2D eigenvalue weighted by Gasteiger charge is 2.43. The first-order chi connectivity index (χ1) is 13.1. The normalized spacial score (nSPS) is 19.7. The van der Waals surface area contributed by atoms with Crippen LogP contribution in [0.15, 0.2) is 34.9 Å². The third kappa shape index (κ3) is 3.17. The second-order valence-corrected chi connectivity index (χ2v) is 6.58. The van der Waals surface area contributed by atoms with Gasteiger partial charge in [0.25, 0.3) is 5.91 Å². The molecule has 9 nitrogen and oxygen atoms in total. The van der Waals surface area contributed by atoms with E-state index in [1.54, 1.807) is 11.0 Å².